The third-order valence-electron chi connectivity index (χ3n) is 3.36. The molecule has 1 heterocycles. The van der Waals surface area contributed by atoms with Gasteiger partial charge in [-0.3, -0.25) is 10.2 Å². The van der Waals surface area contributed by atoms with Crippen molar-refractivity contribution in [1.29, 1.82) is 0 Å². The van der Waals surface area contributed by atoms with Crippen LogP contribution in [0.25, 0.3) is 0 Å². The molecule has 0 aromatic heterocycles. The zero-order valence-corrected chi connectivity index (χ0v) is 11.3. The average molecular weight is 258 g/mol. The van der Waals surface area contributed by atoms with Crippen molar-refractivity contribution in [2.24, 2.45) is 0 Å². The van der Waals surface area contributed by atoms with E-state index in [1.54, 1.807) is 0 Å². The first kappa shape index (κ1) is 14.1. The molecule has 1 aromatic rings. The van der Waals surface area contributed by atoms with Gasteiger partial charge in [0.05, 0.1) is 19.2 Å². The van der Waals surface area contributed by atoms with Crippen molar-refractivity contribution in [3.8, 4) is 11.8 Å². The third-order valence-corrected chi connectivity index (χ3v) is 3.36. The molecule has 1 atom stereocenters. The number of hydrogen-bond acceptors (Lipinski definition) is 3. The quantitative estimate of drug-likeness (QED) is 0.780. The van der Waals surface area contributed by atoms with Gasteiger partial charge in [0, 0.05) is 6.54 Å². The van der Waals surface area contributed by atoms with Gasteiger partial charge in [0.2, 0.25) is 0 Å². The van der Waals surface area contributed by atoms with E-state index in [0.29, 0.717) is 0 Å². The molecule has 19 heavy (non-hydrogen) atoms. The highest BCUT2D eigenvalue weighted by atomic mass is 16.3. The lowest BCUT2D eigenvalue weighted by Crippen LogP contribution is -2.31. The Balaban J connectivity index is 1.75. The van der Waals surface area contributed by atoms with Crippen molar-refractivity contribution in [2.45, 2.75) is 25.4 Å². The molecule has 102 valence electrons. The summed E-state index contributed by atoms with van der Waals surface area (Å²) in [6, 6.07) is 10.0. The summed E-state index contributed by atoms with van der Waals surface area (Å²) in [4.78, 5) is 2.36. The minimum Gasteiger partial charge on any atom is -0.394 e. The number of aliphatic hydroxyl groups excluding tert-OH is 1. The van der Waals surface area contributed by atoms with Crippen molar-refractivity contribution < 1.29 is 5.11 Å². The van der Waals surface area contributed by atoms with E-state index in [9.17, 15) is 5.11 Å². The van der Waals surface area contributed by atoms with Gasteiger partial charge in [-0.05, 0) is 31.5 Å². The summed E-state index contributed by atoms with van der Waals surface area (Å²) in [5.41, 5.74) is 1.21. The van der Waals surface area contributed by atoms with E-state index in [0.717, 1.165) is 26.2 Å². The number of rotatable bonds is 5. The molecule has 2 rings (SSSR count). The van der Waals surface area contributed by atoms with Crippen molar-refractivity contribution >= 4 is 0 Å². The molecular weight excluding hydrogens is 236 g/mol. The fraction of sp³-hybridized carbons (Fsp3) is 0.500. The Morgan fingerprint density at radius 1 is 1.21 bits per heavy atom. The molecule has 1 saturated heterocycles. The van der Waals surface area contributed by atoms with Gasteiger partial charge in [-0.15, -0.1) is 0 Å². The summed E-state index contributed by atoms with van der Waals surface area (Å²) in [7, 11) is 0. The second-order valence-electron chi connectivity index (χ2n) is 4.91. The summed E-state index contributed by atoms with van der Waals surface area (Å²) in [5, 5.41) is 12.6. The van der Waals surface area contributed by atoms with Crippen molar-refractivity contribution in [3.63, 3.8) is 0 Å². The second kappa shape index (κ2) is 7.96. The van der Waals surface area contributed by atoms with E-state index in [1.165, 1.54) is 18.4 Å². The molecule has 0 bridgehead atoms. The standard InChI is InChI=1S/C16H22N2O/c19-14-16(9-6-12-18-10-4-5-11-18)17-13-15-7-2-1-3-8-15/h1-3,7-8,16-17,19H,4-5,10-14H2. The molecule has 0 radical (unpaired) electrons. The third kappa shape index (κ3) is 5.04. The number of nitrogens with zero attached hydrogens (tertiary/aromatic N) is 1. The maximum atomic E-state index is 9.32. The molecule has 1 aliphatic rings. The molecule has 0 saturated carbocycles. The summed E-state index contributed by atoms with van der Waals surface area (Å²) < 4.78 is 0. The molecule has 1 aliphatic heterocycles. The Bertz CT molecular complexity index is 415. The largest absolute Gasteiger partial charge is 0.394 e. The van der Waals surface area contributed by atoms with Crippen LogP contribution in [0.1, 0.15) is 18.4 Å². The first-order chi connectivity index (χ1) is 9.38. The first-order valence-electron chi connectivity index (χ1n) is 6.97. The topological polar surface area (TPSA) is 35.5 Å². The van der Waals surface area contributed by atoms with Crippen LogP contribution < -0.4 is 5.32 Å². The molecule has 0 spiro atoms. The zero-order valence-electron chi connectivity index (χ0n) is 11.3. The highest BCUT2D eigenvalue weighted by Gasteiger charge is 2.09. The number of aliphatic hydroxyl groups is 1. The van der Waals surface area contributed by atoms with E-state index >= 15 is 0 Å². The summed E-state index contributed by atoms with van der Waals surface area (Å²) >= 11 is 0. The lowest BCUT2D eigenvalue weighted by atomic mass is 10.2. The van der Waals surface area contributed by atoms with Crippen LogP contribution in [0, 0.1) is 11.8 Å². The number of hydrogen-bond donors (Lipinski definition) is 2. The fourth-order valence-electron chi connectivity index (χ4n) is 2.22. The van der Waals surface area contributed by atoms with E-state index < -0.39 is 0 Å². The maximum Gasteiger partial charge on any atom is 0.0926 e. The Labute approximate surface area is 115 Å². The molecule has 1 aromatic carbocycles. The van der Waals surface area contributed by atoms with E-state index in [2.05, 4.69) is 34.2 Å². The number of benzene rings is 1. The van der Waals surface area contributed by atoms with Crippen molar-refractivity contribution in [2.75, 3.05) is 26.2 Å². The molecule has 0 amide bonds. The molecule has 2 N–H and O–H groups in total. The van der Waals surface area contributed by atoms with Crippen LogP contribution in [0.2, 0.25) is 0 Å². The van der Waals surface area contributed by atoms with Crippen LogP contribution in [0.3, 0.4) is 0 Å². The number of nitrogens with one attached hydrogen (secondary N) is 1. The monoisotopic (exact) mass is 258 g/mol. The summed E-state index contributed by atoms with van der Waals surface area (Å²) in [5.74, 6) is 6.28. The Hall–Kier alpha value is -1.34. The summed E-state index contributed by atoms with van der Waals surface area (Å²) in [6.07, 6.45) is 2.58. The van der Waals surface area contributed by atoms with Crippen LogP contribution in [-0.4, -0.2) is 42.3 Å². The van der Waals surface area contributed by atoms with Gasteiger partial charge in [0.25, 0.3) is 0 Å². The highest BCUT2D eigenvalue weighted by Crippen LogP contribution is 2.05. The van der Waals surface area contributed by atoms with Gasteiger partial charge in [0.1, 0.15) is 0 Å². The van der Waals surface area contributed by atoms with Gasteiger partial charge in [-0.1, -0.05) is 42.2 Å². The highest BCUT2D eigenvalue weighted by molar-refractivity contribution is 5.16. The fourth-order valence-corrected chi connectivity index (χ4v) is 2.22. The molecule has 1 unspecified atom stereocenters. The molecule has 3 nitrogen and oxygen atoms in total. The van der Waals surface area contributed by atoms with Gasteiger partial charge in [-0.2, -0.15) is 0 Å². The maximum absolute atomic E-state index is 9.32. The second-order valence-corrected chi connectivity index (χ2v) is 4.91. The Morgan fingerprint density at radius 3 is 2.63 bits per heavy atom. The van der Waals surface area contributed by atoms with E-state index in [1.807, 2.05) is 18.2 Å². The Kier molecular flexibility index (Phi) is 5.90. The molecule has 3 heteroatoms. The predicted molar refractivity (Wildman–Crippen MR) is 77.6 cm³/mol. The van der Waals surface area contributed by atoms with E-state index in [4.69, 9.17) is 0 Å². The molecule has 0 aliphatic carbocycles. The zero-order chi connectivity index (χ0) is 13.3. The predicted octanol–water partition coefficient (Wildman–Crippen LogP) is 1.24. The van der Waals surface area contributed by atoms with Crippen LogP contribution >= 0.6 is 0 Å². The van der Waals surface area contributed by atoms with E-state index in [-0.39, 0.29) is 12.6 Å². The Morgan fingerprint density at radius 2 is 1.95 bits per heavy atom. The molecular formula is C16H22N2O. The van der Waals surface area contributed by atoms with Crippen LogP contribution in [0.4, 0.5) is 0 Å². The van der Waals surface area contributed by atoms with Gasteiger partial charge >= 0.3 is 0 Å². The van der Waals surface area contributed by atoms with Gasteiger partial charge < -0.3 is 5.11 Å². The molecule has 1 fully saturated rings. The minimum absolute atomic E-state index is 0.0554. The van der Waals surface area contributed by atoms with Gasteiger partial charge in [0.15, 0.2) is 0 Å². The normalized spacial score (nSPS) is 16.9. The van der Waals surface area contributed by atoms with Crippen molar-refractivity contribution in [1.82, 2.24) is 10.2 Å². The smallest absolute Gasteiger partial charge is 0.0926 e. The average Bonchev–Trinajstić information content (AvgIpc) is 2.97. The minimum atomic E-state index is -0.136. The summed E-state index contributed by atoms with van der Waals surface area (Å²) in [6.45, 7) is 3.94. The first-order valence-corrected chi connectivity index (χ1v) is 6.97. The van der Waals surface area contributed by atoms with Crippen LogP contribution in [0.15, 0.2) is 30.3 Å². The number of likely N-dealkylation sites (tertiary alicyclic amines) is 1. The lowest BCUT2D eigenvalue weighted by Gasteiger charge is -2.11. The lowest BCUT2D eigenvalue weighted by molar-refractivity contribution is 0.267. The van der Waals surface area contributed by atoms with Gasteiger partial charge in [-0.25, -0.2) is 0 Å². The van der Waals surface area contributed by atoms with Crippen LogP contribution in [0.5, 0.6) is 0 Å². The SMILES string of the molecule is OCC(C#CCN1CCCC1)NCc1ccccc1. The van der Waals surface area contributed by atoms with Crippen molar-refractivity contribution in [3.05, 3.63) is 35.9 Å². The van der Waals surface area contributed by atoms with Crippen LogP contribution in [-0.2, 0) is 6.54 Å².